The second-order valence-corrected chi connectivity index (χ2v) is 7.73. The Morgan fingerprint density at radius 3 is 2.68 bits per heavy atom. The number of carbonyl (C=O) groups is 1. The van der Waals surface area contributed by atoms with Crippen molar-refractivity contribution in [1.82, 2.24) is 25.4 Å². The molecule has 2 aromatic heterocycles. The van der Waals surface area contributed by atoms with Gasteiger partial charge >= 0.3 is 0 Å². The van der Waals surface area contributed by atoms with E-state index in [0.717, 1.165) is 22.4 Å². The number of nitrogens with one attached hydrogen (secondary N) is 2. The van der Waals surface area contributed by atoms with Crippen LogP contribution >= 0.6 is 0 Å². The van der Waals surface area contributed by atoms with E-state index in [1.807, 2.05) is 39.8 Å². The topological polar surface area (TPSA) is 156 Å². The van der Waals surface area contributed by atoms with Crippen molar-refractivity contribution in [3.05, 3.63) is 35.0 Å². The number of carbonyl (C=O) groups excluding carboxylic acids is 1. The van der Waals surface area contributed by atoms with E-state index >= 15 is 0 Å². The zero-order chi connectivity index (χ0) is 24.7. The maximum absolute atomic E-state index is 11.1. The average Bonchev–Trinajstić information content (AvgIpc) is 3.31. The van der Waals surface area contributed by atoms with Gasteiger partial charge in [-0.2, -0.15) is 4.98 Å². The molecule has 0 aliphatic heterocycles. The first-order valence-corrected chi connectivity index (χ1v) is 11.1. The second kappa shape index (κ2) is 11.5. The van der Waals surface area contributed by atoms with Crippen molar-refractivity contribution in [2.75, 3.05) is 31.6 Å². The predicted octanol–water partition coefficient (Wildman–Crippen LogP) is 1.65. The Morgan fingerprint density at radius 2 is 1.97 bits per heavy atom. The molecule has 2 heterocycles. The van der Waals surface area contributed by atoms with Gasteiger partial charge in [-0.3, -0.25) is 4.79 Å². The number of aliphatic hydroxyl groups is 2. The third-order valence-corrected chi connectivity index (χ3v) is 4.92. The SMILES string of the molecule is CCNc1nc(C)cc(-c2nc(-c3cc(C)c(OC[C@@H](O)CNC(=O)CO)c(CC)c3)no2)n1. The first kappa shape index (κ1) is 25.1. The van der Waals surface area contributed by atoms with E-state index in [9.17, 15) is 9.90 Å². The molecule has 0 fully saturated rings. The lowest BCUT2D eigenvalue weighted by Crippen LogP contribution is -2.36. The smallest absolute Gasteiger partial charge is 0.277 e. The highest BCUT2D eigenvalue weighted by Gasteiger charge is 2.17. The minimum atomic E-state index is -0.914. The van der Waals surface area contributed by atoms with Crippen molar-refractivity contribution in [1.29, 1.82) is 0 Å². The molecule has 0 bridgehead atoms. The molecule has 0 unspecified atom stereocenters. The molecular weight excluding hydrogens is 440 g/mol. The van der Waals surface area contributed by atoms with Crippen LogP contribution in [-0.2, 0) is 11.2 Å². The van der Waals surface area contributed by atoms with Crippen molar-refractivity contribution in [2.24, 2.45) is 0 Å². The largest absolute Gasteiger partial charge is 0.490 e. The molecule has 0 aliphatic carbocycles. The van der Waals surface area contributed by atoms with Gasteiger partial charge in [-0.05, 0) is 56.5 Å². The summed E-state index contributed by atoms with van der Waals surface area (Å²) in [5.41, 5.74) is 3.85. The molecule has 1 aromatic carbocycles. The molecule has 182 valence electrons. The highest BCUT2D eigenvalue weighted by Crippen LogP contribution is 2.31. The number of hydrogen-bond acceptors (Lipinski definition) is 10. The number of aryl methyl sites for hydroxylation is 3. The molecule has 11 nitrogen and oxygen atoms in total. The first-order valence-electron chi connectivity index (χ1n) is 11.1. The Labute approximate surface area is 197 Å². The van der Waals surface area contributed by atoms with E-state index in [0.29, 0.717) is 42.1 Å². The molecule has 11 heteroatoms. The van der Waals surface area contributed by atoms with Crippen LogP contribution in [0, 0.1) is 13.8 Å². The number of rotatable bonds is 11. The van der Waals surface area contributed by atoms with E-state index in [-0.39, 0.29) is 13.2 Å². The Hall–Kier alpha value is -3.57. The summed E-state index contributed by atoms with van der Waals surface area (Å²) in [5, 5.41) is 28.4. The van der Waals surface area contributed by atoms with Crippen LogP contribution in [0.4, 0.5) is 5.95 Å². The maximum Gasteiger partial charge on any atom is 0.277 e. The number of anilines is 1. The number of amides is 1. The van der Waals surface area contributed by atoms with Gasteiger partial charge in [0.05, 0.1) is 0 Å². The summed E-state index contributed by atoms with van der Waals surface area (Å²) in [4.78, 5) is 24.4. The quantitative estimate of drug-likeness (QED) is 0.325. The number of ether oxygens (including phenoxy) is 1. The Bertz CT molecular complexity index is 1130. The monoisotopic (exact) mass is 470 g/mol. The molecule has 34 heavy (non-hydrogen) atoms. The number of aromatic nitrogens is 4. The van der Waals surface area contributed by atoms with Crippen LogP contribution in [0.5, 0.6) is 5.75 Å². The van der Waals surface area contributed by atoms with Crippen LogP contribution in [0.25, 0.3) is 23.0 Å². The van der Waals surface area contributed by atoms with Gasteiger partial charge in [-0.15, -0.1) is 0 Å². The van der Waals surface area contributed by atoms with Crippen LogP contribution in [0.15, 0.2) is 22.7 Å². The summed E-state index contributed by atoms with van der Waals surface area (Å²) in [6.07, 6.45) is -0.231. The summed E-state index contributed by atoms with van der Waals surface area (Å²) in [5.74, 6) is 1.32. The number of aliphatic hydroxyl groups excluding tert-OH is 2. The van der Waals surface area contributed by atoms with E-state index < -0.39 is 18.6 Å². The van der Waals surface area contributed by atoms with E-state index in [4.69, 9.17) is 14.4 Å². The van der Waals surface area contributed by atoms with Gasteiger partial charge in [-0.1, -0.05) is 12.1 Å². The highest BCUT2D eigenvalue weighted by atomic mass is 16.5. The predicted molar refractivity (Wildman–Crippen MR) is 125 cm³/mol. The van der Waals surface area contributed by atoms with Crippen LogP contribution in [0.1, 0.15) is 30.7 Å². The molecule has 0 radical (unpaired) electrons. The normalized spacial score (nSPS) is 11.8. The van der Waals surface area contributed by atoms with Crippen molar-refractivity contribution in [2.45, 2.75) is 40.2 Å². The maximum atomic E-state index is 11.1. The van der Waals surface area contributed by atoms with Crippen molar-refractivity contribution in [3.8, 4) is 28.7 Å². The van der Waals surface area contributed by atoms with E-state index in [1.54, 1.807) is 6.07 Å². The van der Waals surface area contributed by atoms with Gasteiger partial charge in [0, 0.05) is 24.3 Å². The number of benzene rings is 1. The summed E-state index contributed by atoms with van der Waals surface area (Å²) < 4.78 is 11.3. The molecule has 0 saturated heterocycles. The molecule has 0 aliphatic rings. The minimum absolute atomic E-state index is 0.00749. The fourth-order valence-electron chi connectivity index (χ4n) is 3.33. The van der Waals surface area contributed by atoms with Gasteiger partial charge in [0.25, 0.3) is 5.89 Å². The molecule has 1 amide bonds. The fraction of sp³-hybridized carbons (Fsp3) is 0.435. The molecule has 0 saturated carbocycles. The van der Waals surface area contributed by atoms with Gasteiger partial charge in [0.15, 0.2) is 0 Å². The zero-order valence-corrected chi connectivity index (χ0v) is 19.8. The van der Waals surface area contributed by atoms with Crippen LogP contribution in [-0.4, -0.2) is 68.6 Å². The first-order chi connectivity index (χ1) is 16.3. The van der Waals surface area contributed by atoms with Crippen molar-refractivity contribution in [3.63, 3.8) is 0 Å². The third kappa shape index (κ3) is 6.27. The summed E-state index contributed by atoms with van der Waals surface area (Å²) in [6.45, 7) is 7.78. The Kier molecular flexibility index (Phi) is 8.50. The average molecular weight is 471 g/mol. The molecule has 3 aromatic rings. The summed E-state index contributed by atoms with van der Waals surface area (Å²) in [6, 6.07) is 5.59. The third-order valence-electron chi connectivity index (χ3n) is 4.92. The van der Waals surface area contributed by atoms with Crippen molar-refractivity contribution >= 4 is 11.9 Å². The van der Waals surface area contributed by atoms with E-state index in [1.165, 1.54) is 0 Å². The van der Waals surface area contributed by atoms with Gasteiger partial charge in [-0.25, -0.2) is 9.97 Å². The lowest BCUT2D eigenvalue weighted by atomic mass is 10.0. The lowest BCUT2D eigenvalue weighted by Gasteiger charge is -2.17. The molecular formula is C23H30N6O5. The van der Waals surface area contributed by atoms with Crippen LogP contribution in [0.2, 0.25) is 0 Å². The van der Waals surface area contributed by atoms with E-state index in [2.05, 4.69) is 30.7 Å². The fourth-order valence-corrected chi connectivity index (χ4v) is 3.33. The van der Waals surface area contributed by atoms with Gasteiger partial charge < -0.3 is 30.1 Å². The molecule has 3 rings (SSSR count). The summed E-state index contributed by atoms with van der Waals surface area (Å²) in [7, 11) is 0. The number of hydrogen-bond donors (Lipinski definition) is 4. The van der Waals surface area contributed by atoms with Crippen LogP contribution < -0.4 is 15.4 Å². The minimum Gasteiger partial charge on any atom is -0.490 e. The number of nitrogens with zero attached hydrogens (tertiary/aromatic N) is 4. The van der Waals surface area contributed by atoms with Crippen LogP contribution in [0.3, 0.4) is 0 Å². The summed E-state index contributed by atoms with van der Waals surface area (Å²) >= 11 is 0. The van der Waals surface area contributed by atoms with Gasteiger partial charge in [0.2, 0.25) is 17.7 Å². The standard InChI is InChI=1S/C23H30N6O5/c1-5-15-9-16(7-13(3)20(15)33-12-17(31)10-25-19(32)11-30)21-28-22(34-29-21)18-8-14(4)26-23(27-18)24-6-2/h7-9,17,30-31H,5-6,10-12H2,1-4H3,(H,25,32)(H,24,26,27)/t17-/m0/s1. The Morgan fingerprint density at radius 1 is 1.18 bits per heavy atom. The highest BCUT2D eigenvalue weighted by molar-refractivity contribution is 5.76. The molecule has 1 atom stereocenters. The Balaban J connectivity index is 1.78. The van der Waals surface area contributed by atoms with Gasteiger partial charge in [0.1, 0.15) is 30.8 Å². The molecule has 4 N–H and O–H groups in total. The zero-order valence-electron chi connectivity index (χ0n) is 19.8. The van der Waals surface area contributed by atoms with Crippen molar-refractivity contribution < 1.29 is 24.3 Å². The second-order valence-electron chi connectivity index (χ2n) is 7.73. The lowest BCUT2D eigenvalue weighted by molar-refractivity contribution is -0.124. The molecule has 0 spiro atoms.